The first kappa shape index (κ1) is 31.6. The smallest absolute Gasteiger partial charge is 0.244 e. The van der Waals surface area contributed by atoms with Gasteiger partial charge in [-0.15, -0.1) is 0 Å². The van der Waals surface area contributed by atoms with Crippen LogP contribution in [0.15, 0.2) is 72.8 Å². The maximum Gasteiger partial charge on any atom is 0.244 e. The monoisotopic (exact) mass is 583 g/mol. The first-order valence-corrected chi connectivity index (χ1v) is 15.3. The van der Waals surface area contributed by atoms with Crippen LogP contribution in [0.4, 0.5) is 10.1 Å². The summed E-state index contributed by atoms with van der Waals surface area (Å²) in [6.45, 7) is 4.73. The molecule has 220 valence electrons. The Bertz CT molecular complexity index is 1450. The second kappa shape index (κ2) is 14.1. The molecule has 1 N–H and O–H groups in total. The van der Waals surface area contributed by atoms with Crippen LogP contribution >= 0.6 is 0 Å². The molecule has 3 aromatic rings. The van der Waals surface area contributed by atoms with Crippen LogP contribution < -0.4 is 14.4 Å². The number of anilines is 1. The van der Waals surface area contributed by atoms with Gasteiger partial charge in [-0.2, -0.15) is 0 Å². The molecule has 0 radical (unpaired) electrons. The number of carbonyl (C=O) groups is 2. The van der Waals surface area contributed by atoms with Crippen LogP contribution in [-0.2, 0) is 32.6 Å². The van der Waals surface area contributed by atoms with Crippen LogP contribution in [0.1, 0.15) is 37.0 Å². The third kappa shape index (κ3) is 8.53. The number of nitrogens with zero attached hydrogens (tertiary/aromatic N) is 2. The zero-order chi connectivity index (χ0) is 30.2. The number of halogens is 1. The van der Waals surface area contributed by atoms with Gasteiger partial charge >= 0.3 is 0 Å². The van der Waals surface area contributed by atoms with Gasteiger partial charge in [0.05, 0.1) is 19.1 Å². The lowest BCUT2D eigenvalue weighted by Crippen LogP contribution is -2.54. The summed E-state index contributed by atoms with van der Waals surface area (Å²) in [7, 11) is -2.56. The normalized spacial score (nSPS) is 12.7. The Hall–Kier alpha value is -3.92. The predicted molar refractivity (Wildman–Crippen MR) is 159 cm³/mol. The average Bonchev–Trinajstić information content (AvgIpc) is 2.94. The van der Waals surface area contributed by atoms with Crippen LogP contribution in [0.5, 0.6) is 5.75 Å². The average molecular weight is 584 g/mol. The summed E-state index contributed by atoms with van der Waals surface area (Å²) in [5.41, 5.74) is 1.95. The van der Waals surface area contributed by atoms with Crippen molar-refractivity contribution in [3.05, 3.63) is 95.3 Å². The number of nitrogens with one attached hydrogen (secondary N) is 1. The lowest BCUT2D eigenvalue weighted by atomic mass is 10.0. The van der Waals surface area contributed by atoms with E-state index >= 15 is 0 Å². The molecule has 3 aromatic carbocycles. The molecule has 0 aromatic heterocycles. The molecule has 0 bridgehead atoms. The van der Waals surface area contributed by atoms with Gasteiger partial charge in [-0.3, -0.25) is 13.9 Å². The molecule has 3 rings (SSSR count). The second-order valence-electron chi connectivity index (χ2n) is 10.1. The lowest BCUT2D eigenvalue weighted by Gasteiger charge is -2.34. The van der Waals surface area contributed by atoms with Gasteiger partial charge in [-0.1, -0.05) is 61.5 Å². The van der Waals surface area contributed by atoms with Gasteiger partial charge in [-0.25, -0.2) is 12.8 Å². The second-order valence-corrected chi connectivity index (χ2v) is 12.0. The van der Waals surface area contributed by atoms with Gasteiger partial charge in [0.15, 0.2) is 0 Å². The molecular formula is C31H38FN3O5S. The fraction of sp³-hybridized carbons (Fsp3) is 0.355. The summed E-state index contributed by atoms with van der Waals surface area (Å²) in [6, 6.07) is 19.0. The van der Waals surface area contributed by atoms with Crippen LogP contribution in [0.2, 0.25) is 0 Å². The van der Waals surface area contributed by atoms with Crippen LogP contribution in [0, 0.1) is 12.7 Å². The number of benzene rings is 3. The summed E-state index contributed by atoms with van der Waals surface area (Å²) in [6.07, 6.45) is 1.82. The van der Waals surface area contributed by atoms with E-state index in [9.17, 15) is 22.4 Å². The van der Waals surface area contributed by atoms with Crippen molar-refractivity contribution in [3.8, 4) is 5.75 Å². The molecular weight excluding hydrogens is 545 g/mol. The number of amides is 2. The highest BCUT2D eigenvalue weighted by atomic mass is 32.2. The van der Waals surface area contributed by atoms with Crippen LogP contribution in [0.25, 0.3) is 0 Å². The van der Waals surface area contributed by atoms with Gasteiger partial charge in [0.1, 0.15) is 24.2 Å². The highest BCUT2D eigenvalue weighted by Crippen LogP contribution is 2.31. The fourth-order valence-electron chi connectivity index (χ4n) is 4.39. The minimum absolute atomic E-state index is 0.149. The number of hydrogen-bond acceptors (Lipinski definition) is 5. The van der Waals surface area contributed by atoms with Gasteiger partial charge < -0.3 is 15.0 Å². The van der Waals surface area contributed by atoms with E-state index < -0.39 is 40.2 Å². The van der Waals surface area contributed by atoms with Gasteiger partial charge in [0.2, 0.25) is 21.8 Å². The molecule has 0 aliphatic rings. The summed E-state index contributed by atoms with van der Waals surface area (Å²) in [5.74, 6) is -1.34. The van der Waals surface area contributed by atoms with Crippen molar-refractivity contribution >= 4 is 27.5 Å². The Morgan fingerprint density at radius 2 is 1.68 bits per heavy atom. The molecule has 0 saturated carbocycles. The first-order valence-electron chi connectivity index (χ1n) is 13.4. The highest BCUT2D eigenvalue weighted by Gasteiger charge is 2.34. The molecule has 0 aliphatic heterocycles. The molecule has 10 heteroatoms. The number of rotatable bonds is 13. The Morgan fingerprint density at radius 1 is 1.02 bits per heavy atom. The van der Waals surface area contributed by atoms with Crippen molar-refractivity contribution < 1.29 is 27.1 Å². The maximum absolute atomic E-state index is 14.9. The minimum Gasteiger partial charge on any atom is -0.495 e. The highest BCUT2D eigenvalue weighted by molar-refractivity contribution is 7.92. The van der Waals surface area contributed by atoms with Crippen molar-refractivity contribution in [2.75, 3.05) is 24.2 Å². The maximum atomic E-state index is 14.9. The fourth-order valence-corrected chi connectivity index (χ4v) is 5.24. The third-order valence-corrected chi connectivity index (χ3v) is 7.98. The number of sulfonamides is 1. The van der Waals surface area contributed by atoms with E-state index in [1.54, 1.807) is 37.3 Å². The standard InChI is InChI=1S/C31H38FN3O5S/c1-6-23(3)33-31(37)28(19-24-12-8-7-9-13-24)34(20-25-14-10-11-15-26(25)32)30(36)21-35(41(5,38)39)27-18-22(2)16-17-29(27)40-4/h7-18,23,28H,6,19-21H2,1-5H3,(H,33,37)/t23-,28+/m1/s1. The van der Waals surface area contributed by atoms with E-state index in [4.69, 9.17) is 4.74 Å². The van der Waals surface area contributed by atoms with Crippen molar-refractivity contribution in [2.45, 2.75) is 52.2 Å². The van der Waals surface area contributed by atoms with Gasteiger partial charge in [-0.05, 0) is 49.6 Å². The van der Waals surface area contributed by atoms with E-state index in [2.05, 4.69) is 5.32 Å². The largest absolute Gasteiger partial charge is 0.495 e. The summed E-state index contributed by atoms with van der Waals surface area (Å²) < 4.78 is 47.3. The summed E-state index contributed by atoms with van der Waals surface area (Å²) in [5, 5.41) is 2.95. The third-order valence-electron chi connectivity index (χ3n) is 6.85. The number of methoxy groups -OCH3 is 1. The van der Waals surface area contributed by atoms with Crippen molar-refractivity contribution in [2.24, 2.45) is 0 Å². The number of aryl methyl sites for hydroxylation is 1. The Balaban J connectivity index is 2.11. The SMILES string of the molecule is CC[C@@H](C)NC(=O)[C@H](Cc1ccccc1)N(Cc1ccccc1F)C(=O)CN(c1cc(C)ccc1OC)S(C)(=O)=O. The molecule has 2 amide bonds. The topological polar surface area (TPSA) is 96.0 Å². The van der Waals surface area contributed by atoms with Gasteiger partial charge in [0.25, 0.3) is 0 Å². The summed E-state index contributed by atoms with van der Waals surface area (Å²) in [4.78, 5) is 29.1. The van der Waals surface area contributed by atoms with E-state index in [1.165, 1.54) is 24.1 Å². The van der Waals surface area contributed by atoms with E-state index in [1.807, 2.05) is 44.2 Å². The van der Waals surface area contributed by atoms with Crippen LogP contribution in [0.3, 0.4) is 0 Å². The number of hydrogen-bond donors (Lipinski definition) is 1. The Kier molecular flexibility index (Phi) is 10.9. The van der Waals surface area contributed by atoms with E-state index in [-0.39, 0.29) is 36.0 Å². The molecule has 0 aliphatic carbocycles. The number of carbonyl (C=O) groups excluding carboxylic acids is 2. The molecule has 0 heterocycles. The Morgan fingerprint density at radius 3 is 2.29 bits per heavy atom. The molecule has 2 atom stereocenters. The lowest BCUT2D eigenvalue weighted by molar-refractivity contribution is -0.140. The quantitative estimate of drug-likeness (QED) is 0.321. The zero-order valence-electron chi connectivity index (χ0n) is 24.1. The van der Waals surface area contributed by atoms with Crippen LogP contribution in [-0.4, -0.2) is 57.1 Å². The molecule has 8 nitrogen and oxygen atoms in total. The van der Waals surface area contributed by atoms with Crippen molar-refractivity contribution in [1.29, 1.82) is 0 Å². The Labute approximate surface area is 242 Å². The van der Waals surface area contributed by atoms with Crippen molar-refractivity contribution in [1.82, 2.24) is 10.2 Å². The molecule has 0 spiro atoms. The van der Waals surface area contributed by atoms with Gasteiger partial charge in [0, 0.05) is 24.6 Å². The molecule has 0 fully saturated rings. The minimum atomic E-state index is -3.97. The molecule has 41 heavy (non-hydrogen) atoms. The van der Waals surface area contributed by atoms with E-state index in [0.29, 0.717) is 6.42 Å². The summed E-state index contributed by atoms with van der Waals surface area (Å²) >= 11 is 0. The molecule has 0 saturated heterocycles. The number of ether oxygens (including phenoxy) is 1. The van der Waals surface area contributed by atoms with E-state index in [0.717, 1.165) is 21.7 Å². The zero-order valence-corrected chi connectivity index (χ0v) is 24.9. The molecule has 0 unspecified atom stereocenters. The predicted octanol–water partition coefficient (Wildman–Crippen LogP) is 4.46. The first-order chi connectivity index (χ1) is 19.4. The van der Waals surface area contributed by atoms with Crippen molar-refractivity contribution in [3.63, 3.8) is 0 Å².